The number of methoxy groups -OCH3 is 5. The highest BCUT2D eigenvalue weighted by Gasteiger charge is 2.34. The van der Waals surface area contributed by atoms with Crippen molar-refractivity contribution >= 4 is 5.78 Å². The van der Waals surface area contributed by atoms with E-state index in [0.29, 0.717) is 35.2 Å². The summed E-state index contributed by atoms with van der Waals surface area (Å²) in [4.78, 5) is 12.6. The lowest BCUT2D eigenvalue weighted by molar-refractivity contribution is -0.448. The molecular formula is C24H32O10. The SMILES string of the molecule is CCOc1cc(OCC(=O)Cc2ccccc2OC(OC)(OC)OC)ccc1OC(OC)OC. The summed E-state index contributed by atoms with van der Waals surface area (Å²) in [6, 6.07) is 12.0. The summed E-state index contributed by atoms with van der Waals surface area (Å²) in [6.07, 6.45) is -1.66. The second-order valence-electron chi connectivity index (χ2n) is 6.75. The van der Waals surface area contributed by atoms with Crippen LogP contribution < -0.4 is 18.9 Å². The zero-order chi connectivity index (χ0) is 25.0. The fourth-order valence-electron chi connectivity index (χ4n) is 2.93. The van der Waals surface area contributed by atoms with Crippen LogP contribution in [0.5, 0.6) is 23.0 Å². The Hall–Kier alpha value is -2.89. The number of rotatable bonds is 16. The lowest BCUT2D eigenvalue weighted by Crippen LogP contribution is -2.42. The molecule has 2 aromatic carbocycles. The van der Waals surface area contributed by atoms with Crippen molar-refractivity contribution in [1.29, 1.82) is 0 Å². The molecule has 0 bridgehead atoms. The van der Waals surface area contributed by atoms with Crippen molar-refractivity contribution in [2.75, 3.05) is 48.8 Å². The fraction of sp³-hybridized carbons (Fsp3) is 0.458. The number of carbonyl (C=O) groups excluding carboxylic acids is 1. The molecule has 0 fully saturated rings. The summed E-state index contributed by atoms with van der Waals surface area (Å²) >= 11 is 0. The summed E-state index contributed by atoms with van der Waals surface area (Å²) in [5.41, 5.74) is 0.621. The minimum atomic E-state index is -1.72. The van der Waals surface area contributed by atoms with Gasteiger partial charge < -0.3 is 28.4 Å². The largest absolute Gasteiger partial charge is 0.490 e. The van der Waals surface area contributed by atoms with Gasteiger partial charge in [0.25, 0.3) is 0 Å². The predicted octanol–water partition coefficient (Wildman–Crippen LogP) is 3.16. The fourth-order valence-corrected chi connectivity index (χ4v) is 2.93. The molecular weight excluding hydrogens is 448 g/mol. The highest BCUT2D eigenvalue weighted by molar-refractivity contribution is 5.83. The molecule has 10 nitrogen and oxygen atoms in total. The average molecular weight is 481 g/mol. The second kappa shape index (κ2) is 13.7. The molecule has 0 heterocycles. The maximum absolute atomic E-state index is 12.6. The van der Waals surface area contributed by atoms with E-state index in [0.717, 1.165) is 0 Å². The molecule has 0 atom stereocenters. The van der Waals surface area contributed by atoms with Gasteiger partial charge in [-0.15, -0.1) is 0 Å². The standard InChI is InChI=1S/C24H32O10/c1-7-31-22-15-19(12-13-21(22)33-23(26-2)27-3)32-16-18(25)14-17-10-8-9-11-20(17)34-24(28-4,29-5)30-6/h8-13,15,23H,7,14,16H2,1-6H3. The van der Waals surface area contributed by atoms with Crippen molar-refractivity contribution in [2.45, 2.75) is 26.0 Å². The smallest absolute Gasteiger partial charge is 0.460 e. The summed E-state index contributed by atoms with van der Waals surface area (Å²) in [5, 5.41) is 0. The van der Waals surface area contributed by atoms with Gasteiger partial charge in [0.15, 0.2) is 17.3 Å². The first-order valence-electron chi connectivity index (χ1n) is 10.5. The Morgan fingerprint density at radius 2 is 1.53 bits per heavy atom. The molecule has 0 aliphatic heterocycles. The molecule has 2 aromatic rings. The number of hydrogen-bond acceptors (Lipinski definition) is 10. The molecule has 0 N–H and O–H groups in total. The molecule has 0 saturated heterocycles. The van der Waals surface area contributed by atoms with E-state index in [1.54, 1.807) is 42.5 Å². The molecule has 10 heteroatoms. The minimum absolute atomic E-state index is 0.0618. The topological polar surface area (TPSA) is 100 Å². The van der Waals surface area contributed by atoms with Crippen molar-refractivity contribution < 1.29 is 47.4 Å². The van der Waals surface area contributed by atoms with Gasteiger partial charge in [-0.3, -0.25) is 19.0 Å². The summed E-state index contributed by atoms with van der Waals surface area (Å²) in [6.45, 7) is 1.20. The van der Waals surface area contributed by atoms with Crippen LogP contribution >= 0.6 is 0 Å². The number of Topliss-reactive ketones (excluding diaryl/α,β-unsaturated/α-hetero) is 1. The van der Waals surface area contributed by atoms with Crippen molar-refractivity contribution in [3.05, 3.63) is 48.0 Å². The van der Waals surface area contributed by atoms with Gasteiger partial charge in [0, 0.05) is 53.6 Å². The van der Waals surface area contributed by atoms with E-state index >= 15 is 0 Å². The van der Waals surface area contributed by atoms with Crippen LogP contribution in [0.25, 0.3) is 0 Å². The Morgan fingerprint density at radius 1 is 0.853 bits per heavy atom. The Labute approximate surface area is 199 Å². The molecule has 0 amide bonds. The van der Waals surface area contributed by atoms with Gasteiger partial charge in [-0.1, -0.05) is 18.2 Å². The van der Waals surface area contributed by atoms with Gasteiger partial charge >= 0.3 is 12.6 Å². The Kier molecular flexibility index (Phi) is 11.0. The molecule has 0 saturated carbocycles. The number of benzene rings is 2. The van der Waals surface area contributed by atoms with Crippen LogP contribution in [0, 0.1) is 0 Å². The van der Waals surface area contributed by atoms with Crippen LogP contribution in [0.15, 0.2) is 42.5 Å². The summed E-state index contributed by atoms with van der Waals surface area (Å²) < 4.78 is 48.3. The van der Waals surface area contributed by atoms with Gasteiger partial charge in [-0.05, 0) is 25.1 Å². The zero-order valence-electron chi connectivity index (χ0n) is 20.3. The molecule has 0 aromatic heterocycles. The first-order chi connectivity index (χ1) is 16.4. The van der Waals surface area contributed by atoms with Crippen molar-refractivity contribution in [3.8, 4) is 23.0 Å². The van der Waals surface area contributed by atoms with Crippen molar-refractivity contribution in [3.63, 3.8) is 0 Å². The number of para-hydroxylation sites is 1. The maximum Gasteiger partial charge on any atom is 0.460 e. The number of carbonyl (C=O) groups is 1. The van der Waals surface area contributed by atoms with Crippen molar-refractivity contribution in [1.82, 2.24) is 0 Å². The molecule has 34 heavy (non-hydrogen) atoms. The highest BCUT2D eigenvalue weighted by atomic mass is 17.0. The monoisotopic (exact) mass is 480 g/mol. The molecule has 0 aliphatic rings. The maximum atomic E-state index is 12.6. The number of ether oxygens (including phenoxy) is 9. The molecule has 2 rings (SSSR count). The Bertz CT molecular complexity index is 885. The van der Waals surface area contributed by atoms with Crippen LogP contribution in [0.2, 0.25) is 0 Å². The lowest BCUT2D eigenvalue weighted by atomic mass is 10.1. The third kappa shape index (κ3) is 7.57. The molecule has 188 valence electrons. The van der Waals surface area contributed by atoms with Gasteiger partial charge in [0.05, 0.1) is 6.61 Å². The third-order valence-electron chi connectivity index (χ3n) is 4.57. The van der Waals surface area contributed by atoms with E-state index in [-0.39, 0.29) is 18.8 Å². The van der Waals surface area contributed by atoms with Gasteiger partial charge in [-0.25, -0.2) is 0 Å². The van der Waals surface area contributed by atoms with E-state index in [1.807, 2.05) is 6.92 Å². The van der Waals surface area contributed by atoms with Gasteiger partial charge in [0.1, 0.15) is 18.1 Å². The zero-order valence-corrected chi connectivity index (χ0v) is 20.3. The van der Waals surface area contributed by atoms with Crippen LogP contribution in [0.3, 0.4) is 0 Å². The lowest BCUT2D eigenvalue weighted by Gasteiger charge is -2.28. The van der Waals surface area contributed by atoms with E-state index in [9.17, 15) is 4.79 Å². The number of hydrogen-bond donors (Lipinski definition) is 0. The van der Waals surface area contributed by atoms with Gasteiger partial charge in [0.2, 0.25) is 0 Å². The van der Waals surface area contributed by atoms with E-state index < -0.39 is 12.6 Å². The average Bonchev–Trinajstić information content (AvgIpc) is 2.86. The first kappa shape index (κ1) is 27.4. The minimum Gasteiger partial charge on any atom is -0.490 e. The normalized spacial score (nSPS) is 11.4. The van der Waals surface area contributed by atoms with E-state index in [1.165, 1.54) is 35.5 Å². The second-order valence-corrected chi connectivity index (χ2v) is 6.75. The first-order valence-corrected chi connectivity index (χ1v) is 10.5. The molecule has 0 unspecified atom stereocenters. The quantitative estimate of drug-likeness (QED) is 0.333. The molecule has 0 spiro atoms. The third-order valence-corrected chi connectivity index (χ3v) is 4.57. The van der Waals surface area contributed by atoms with Gasteiger partial charge in [-0.2, -0.15) is 0 Å². The Balaban J connectivity index is 2.06. The summed E-state index contributed by atoms with van der Waals surface area (Å²) in [5.74, 6) is 1.49. The van der Waals surface area contributed by atoms with E-state index in [4.69, 9.17) is 42.6 Å². The predicted molar refractivity (Wildman–Crippen MR) is 121 cm³/mol. The highest BCUT2D eigenvalue weighted by Crippen LogP contribution is 2.33. The van der Waals surface area contributed by atoms with Crippen LogP contribution in [0.4, 0.5) is 0 Å². The van der Waals surface area contributed by atoms with Crippen LogP contribution in [-0.4, -0.2) is 67.2 Å². The van der Waals surface area contributed by atoms with Crippen LogP contribution in [0.1, 0.15) is 12.5 Å². The molecule has 0 radical (unpaired) electrons. The summed E-state index contributed by atoms with van der Waals surface area (Å²) in [7, 11) is 7.06. The Morgan fingerprint density at radius 3 is 2.15 bits per heavy atom. The number of ketones is 1. The van der Waals surface area contributed by atoms with Crippen molar-refractivity contribution in [2.24, 2.45) is 0 Å². The molecule has 0 aliphatic carbocycles. The van der Waals surface area contributed by atoms with E-state index in [2.05, 4.69) is 0 Å². The van der Waals surface area contributed by atoms with Crippen LogP contribution in [-0.2, 0) is 34.9 Å².